The first-order chi connectivity index (χ1) is 7.53. The van der Waals surface area contributed by atoms with Crippen LogP contribution in [0.3, 0.4) is 0 Å². The van der Waals surface area contributed by atoms with Crippen LogP contribution in [0.15, 0.2) is 0 Å². The molecular formula is C10H19N3O2S. The summed E-state index contributed by atoms with van der Waals surface area (Å²) in [5.41, 5.74) is 0.741. The Kier molecular flexibility index (Phi) is 5.11. The molecule has 0 aromatic carbocycles. The van der Waals surface area contributed by atoms with Gasteiger partial charge in [0.25, 0.3) is 0 Å². The maximum Gasteiger partial charge on any atom is 0.135 e. The number of ether oxygens (including phenoxy) is 2. The van der Waals surface area contributed by atoms with Crippen LogP contribution in [0.1, 0.15) is 26.5 Å². The van der Waals surface area contributed by atoms with Crippen molar-refractivity contribution in [3.63, 3.8) is 0 Å². The van der Waals surface area contributed by atoms with Crippen molar-refractivity contribution in [2.45, 2.75) is 33.0 Å². The summed E-state index contributed by atoms with van der Waals surface area (Å²) >= 11 is 1.33. The van der Waals surface area contributed by atoms with Crippen molar-refractivity contribution in [1.29, 1.82) is 0 Å². The van der Waals surface area contributed by atoms with E-state index in [1.54, 1.807) is 0 Å². The summed E-state index contributed by atoms with van der Waals surface area (Å²) in [5, 5.41) is 7.95. The molecule has 0 spiro atoms. The molecule has 1 N–H and O–H groups in total. The van der Waals surface area contributed by atoms with Gasteiger partial charge >= 0.3 is 0 Å². The molecule has 0 unspecified atom stereocenters. The molecule has 0 fully saturated rings. The zero-order valence-corrected chi connectivity index (χ0v) is 11.1. The number of hydrogen-bond donors (Lipinski definition) is 1. The highest BCUT2D eigenvalue weighted by atomic mass is 32.1. The zero-order valence-electron chi connectivity index (χ0n) is 10.2. The lowest BCUT2D eigenvalue weighted by molar-refractivity contribution is -0.0379. The standard InChI is InChI=1S/C10H19N3O2S/c1-10(2,3)15-6-5-14-7-8-9(11-4)16-13-12-8/h11H,5-7H2,1-4H3. The number of hydrogen-bond acceptors (Lipinski definition) is 6. The van der Waals surface area contributed by atoms with Gasteiger partial charge < -0.3 is 14.8 Å². The minimum atomic E-state index is -0.109. The number of nitrogens with one attached hydrogen (secondary N) is 1. The van der Waals surface area contributed by atoms with E-state index >= 15 is 0 Å². The zero-order chi connectivity index (χ0) is 12.0. The van der Waals surface area contributed by atoms with E-state index in [1.165, 1.54) is 11.5 Å². The van der Waals surface area contributed by atoms with Crippen LogP contribution in [0, 0.1) is 0 Å². The van der Waals surface area contributed by atoms with Gasteiger partial charge in [-0.15, -0.1) is 5.10 Å². The summed E-state index contributed by atoms with van der Waals surface area (Å²) < 4.78 is 14.8. The van der Waals surface area contributed by atoms with Crippen molar-refractivity contribution >= 4 is 16.5 Å². The summed E-state index contributed by atoms with van der Waals surface area (Å²) in [6, 6.07) is 0. The summed E-state index contributed by atoms with van der Waals surface area (Å²) in [7, 11) is 1.85. The Bertz CT molecular complexity index is 309. The van der Waals surface area contributed by atoms with Gasteiger partial charge in [0.05, 0.1) is 25.4 Å². The van der Waals surface area contributed by atoms with E-state index in [-0.39, 0.29) is 5.60 Å². The lowest BCUT2D eigenvalue weighted by Crippen LogP contribution is -2.21. The average Bonchev–Trinajstić information content (AvgIpc) is 2.63. The second-order valence-corrected chi connectivity index (χ2v) is 5.07. The van der Waals surface area contributed by atoms with E-state index < -0.39 is 0 Å². The second kappa shape index (κ2) is 6.12. The molecule has 92 valence electrons. The molecule has 0 bridgehead atoms. The number of anilines is 1. The molecule has 1 aromatic rings. The molecule has 16 heavy (non-hydrogen) atoms. The van der Waals surface area contributed by atoms with Crippen LogP contribution in [0.4, 0.5) is 5.00 Å². The molecule has 1 rings (SSSR count). The molecule has 1 aromatic heterocycles. The molecule has 0 saturated heterocycles. The minimum Gasteiger partial charge on any atom is -0.377 e. The predicted octanol–water partition coefficient (Wildman–Crippen LogP) is 1.91. The molecule has 0 radical (unpaired) electrons. The molecule has 1 heterocycles. The van der Waals surface area contributed by atoms with Gasteiger partial charge in [-0.25, -0.2) is 0 Å². The molecule has 5 nitrogen and oxygen atoms in total. The van der Waals surface area contributed by atoms with Crippen molar-refractivity contribution < 1.29 is 9.47 Å². The quantitative estimate of drug-likeness (QED) is 0.776. The fraction of sp³-hybridized carbons (Fsp3) is 0.800. The van der Waals surface area contributed by atoms with Gasteiger partial charge in [-0.2, -0.15) is 0 Å². The Labute approximate surface area is 100 Å². The van der Waals surface area contributed by atoms with Gasteiger partial charge in [0.2, 0.25) is 0 Å². The molecule has 0 saturated carbocycles. The van der Waals surface area contributed by atoms with Crippen LogP contribution in [0.25, 0.3) is 0 Å². The Balaban J connectivity index is 2.16. The summed E-state index contributed by atoms with van der Waals surface area (Å²) in [6.07, 6.45) is 0. The third kappa shape index (κ3) is 4.87. The third-order valence-corrected chi connectivity index (χ3v) is 2.57. The van der Waals surface area contributed by atoms with Gasteiger partial charge in [-0.05, 0) is 20.8 Å². The summed E-state index contributed by atoms with van der Waals surface area (Å²) in [6.45, 7) is 7.71. The van der Waals surface area contributed by atoms with Gasteiger partial charge in [0, 0.05) is 18.6 Å². The van der Waals surface area contributed by atoms with Crippen molar-refractivity contribution in [1.82, 2.24) is 9.59 Å². The number of nitrogens with zero attached hydrogens (tertiary/aromatic N) is 2. The van der Waals surface area contributed by atoms with E-state index in [4.69, 9.17) is 9.47 Å². The average molecular weight is 245 g/mol. The van der Waals surface area contributed by atoms with Crippen molar-refractivity contribution in [3.8, 4) is 0 Å². The van der Waals surface area contributed by atoms with E-state index in [0.717, 1.165) is 10.7 Å². The molecule has 6 heteroatoms. The SMILES string of the molecule is CNc1snnc1COCCOC(C)(C)C. The van der Waals surface area contributed by atoms with Crippen LogP contribution >= 0.6 is 11.5 Å². The predicted molar refractivity (Wildman–Crippen MR) is 64.8 cm³/mol. The monoisotopic (exact) mass is 245 g/mol. The van der Waals surface area contributed by atoms with Crippen LogP contribution in [0.2, 0.25) is 0 Å². The van der Waals surface area contributed by atoms with Crippen molar-refractivity contribution in [2.75, 3.05) is 25.6 Å². The molecule has 0 atom stereocenters. The maximum absolute atomic E-state index is 5.53. The lowest BCUT2D eigenvalue weighted by atomic mass is 10.2. The highest BCUT2D eigenvalue weighted by Crippen LogP contribution is 2.17. The van der Waals surface area contributed by atoms with Crippen molar-refractivity contribution in [3.05, 3.63) is 5.69 Å². The van der Waals surface area contributed by atoms with Gasteiger partial charge in [0.15, 0.2) is 0 Å². The van der Waals surface area contributed by atoms with Gasteiger partial charge in [-0.3, -0.25) is 0 Å². The number of aromatic nitrogens is 2. The first-order valence-electron chi connectivity index (χ1n) is 5.23. The first-order valence-corrected chi connectivity index (χ1v) is 6.01. The third-order valence-electron chi connectivity index (χ3n) is 1.78. The highest BCUT2D eigenvalue weighted by molar-refractivity contribution is 7.10. The van der Waals surface area contributed by atoms with Crippen LogP contribution in [0.5, 0.6) is 0 Å². The Morgan fingerprint density at radius 1 is 1.31 bits per heavy atom. The van der Waals surface area contributed by atoms with E-state index in [0.29, 0.717) is 19.8 Å². The van der Waals surface area contributed by atoms with Crippen LogP contribution in [-0.2, 0) is 16.1 Å². The molecule has 0 amide bonds. The van der Waals surface area contributed by atoms with Crippen LogP contribution in [-0.4, -0.2) is 35.4 Å². The van der Waals surface area contributed by atoms with E-state index in [1.807, 2.05) is 27.8 Å². The molecule has 0 aliphatic heterocycles. The lowest BCUT2D eigenvalue weighted by Gasteiger charge is -2.19. The molecule has 0 aliphatic rings. The largest absolute Gasteiger partial charge is 0.377 e. The normalized spacial score (nSPS) is 11.8. The summed E-state index contributed by atoms with van der Waals surface area (Å²) in [5.74, 6) is 0. The smallest absolute Gasteiger partial charge is 0.135 e. The minimum absolute atomic E-state index is 0.109. The Morgan fingerprint density at radius 2 is 2.06 bits per heavy atom. The fourth-order valence-electron chi connectivity index (χ4n) is 1.07. The van der Waals surface area contributed by atoms with Gasteiger partial charge in [0.1, 0.15) is 10.7 Å². The van der Waals surface area contributed by atoms with E-state index in [9.17, 15) is 0 Å². The molecular weight excluding hydrogens is 226 g/mol. The Hall–Kier alpha value is -0.720. The summed E-state index contributed by atoms with van der Waals surface area (Å²) in [4.78, 5) is 0. The second-order valence-electron chi connectivity index (χ2n) is 4.31. The number of rotatable bonds is 6. The highest BCUT2D eigenvalue weighted by Gasteiger charge is 2.10. The van der Waals surface area contributed by atoms with Crippen LogP contribution < -0.4 is 5.32 Å². The Morgan fingerprint density at radius 3 is 2.69 bits per heavy atom. The van der Waals surface area contributed by atoms with E-state index in [2.05, 4.69) is 14.9 Å². The fourth-order valence-corrected chi connectivity index (χ4v) is 1.59. The van der Waals surface area contributed by atoms with Gasteiger partial charge in [-0.1, -0.05) is 4.49 Å². The first kappa shape index (κ1) is 13.3. The maximum atomic E-state index is 5.53. The topological polar surface area (TPSA) is 56.3 Å². The molecule has 0 aliphatic carbocycles. The van der Waals surface area contributed by atoms with Crippen molar-refractivity contribution in [2.24, 2.45) is 0 Å².